The third-order valence-corrected chi connectivity index (χ3v) is 4.41. The van der Waals surface area contributed by atoms with Crippen molar-refractivity contribution in [3.05, 3.63) is 58.3 Å². The number of anilines is 1. The summed E-state index contributed by atoms with van der Waals surface area (Å²) in [5, 5.41) is 0.614. The SMILES string of the molecule is O=S(=O)(CCOc1ccc(F)cc1)Nc1ccc(Cl)cc1Cl. The van der Waals surface area contributed by atoms with Crippen LogP contribution in [0.25, 0.3) is 0 Å². The molecule has 0 unspecified atom stereocenters. The predicted molar refractivity (Wildman–Crippen MR) is 85.8 cm³/mol. The summed E-state index contributed by atoms with van der Waals surface area (Å²) in [7, 11) is -3.62. The predicted octanol–water partition coefficient (Wildman–Crippen LogP) is 3.95. The highest BCUT2D eigenvalue weighted by molar-refractivity contribution is 7.92. The van der Waals surface area contributed by atoms with Crippen LogP contribution in [0.3, 0.4) is 0 Å². The standard InChI is InChI=1S/C14H12Cl2FNO3S/c15-10-1-6-14(13(16)9-10)18-22(19,20)8-7-21-12-4-2-11(17)3-5-12/h1-6,9,18H,7-8H2. The minimum Gasteiger partial charge on any atom is -0.492 e. The molecule has 0 saturated heterocycles. The Labute approximate surface area is 137 Å². The van der Waals surface area contributed by atoms with Crippen molar-refractivity contribution in [1.82, 2.24) is 0 Å². The first kappa shape index (κ1) is 16.9. The smallest absolute Gasteiger partial charge is 0.236 e. The number of ether oxygens (including phenoxy) is 1. The van der Waals surface area contributed by atoms with E-state index >= 15 is 0 Å². The van der Waals surface area contributed by atoms with Crippen LogP contribution >= 0.6 is 23.2 Å². The number of halogens is 3. The molecule has 0 spiro atoms. The minimum absolute atomic E-state index is 0.0772. The highest BCUT2D eigenvalue weighted by atomic mass is 35.5. The summed E-state index contributed by atoms with van der Waals surface area (Å²) >= 11 is 11.6. The second-order valence-corrected chi connectivity index (χ2v) is 7.03. The molecule has 0 atom stereocenters. The van der Waals surface area contributed by atoms with Crippen molar-refractivity contribution in [3.8, 4) is 5.75 Å². The molecule has 0 aromatic heterocycles. The third-order valence-electron chi connectivity index (χ3n) is 2.63. The summed E-state index contributed by atoms with van der Waals surface area (Å²) < 4.78 is 44.2. The number of rotatable bonds is 6. The molecule has 0 radical (unpaired) electrons. The maximum atomic E-state index is 12.7. The average Bonchev–Trinajstić information content (AvgIpc) is 2.44. The van der Waals surface area contributed by atoms with Gasteiger partial charge >= 0.3 is 0 Å². The molecule has 0 fully saturated rings. The summed E-state index contributed by atoms with van der Waals surface area (Å²) in [4.78, 5) is 0. The number of nitrogens with one attached hydrogen (secondary N) is 1. The van der Waals surface area contributed by atoms with E-state index in [4.69, 9.17) is 27.9 Å². The molecule has 1 N–H and O–H groups in total. The molecular formula is C14H12Cl2FNO3S. The van der Waals surface area contributed by atoms with E-state index in [2.05, 4.69) is 4.72 Å². The van der Waals surface area contributed by atoms with Crippen LogP contribution < -0.4 is 9.46 Å². The zero-order valence-corrected chi connectivity index (χ0v) is 13.6. The molecule has 2 rings (SSSR count). The first-order valence-corrected chi connectivity index (χ1v) is 8.60. The summed E-state index contributed by atoms with van der Waals surface area (Å²) in [6.07, 6.45) is 0. The first-order valence-electron chi connectivity index (χ1n) is 6.20. The fraction of sp³-hybridized carbons (Fsp3) is 0.143. The van der Waals surface area contributed by atoms with E-state index in [9.17, 15) is 12.8 Å². The summed E-state index contributed by atoms with van der Waals surface area (Å²) in [6.45, 7) is -0.0772. The van der Waals surface area contributed by atoms with E-state index in [1.807, 2.05) is 0 Å². The van der Waals surface area contributed by atoms with Gasteiger partial charge in [0.2, 0.25) is 10.0 Å². The lowest BCUT2D eigenvalue weighted by molar-refractivity contribution is 0.340. The van der Waals surface area contributed by atoms with Crippen LogP contribution in [0.4, 0.5) is 10.1 Å². The highest BCUT2D eigenvalue weighted by Gasteiger charge is 2.13. The Morgan fingerprint density at radius 1 is 1.09 bits per heavy atom. The summed E-state index contributed by atoms with van der Waals surface area (Å²) in [5.41, 5.74) is 0.243. The van der Waals surface area contributed by atoms with Crippen molar-refractivity contribution in [2.45, 2.75) is 0 Å². The molecule has 118 valence electrons. The zero-order valence-electron chi connectivity index (χ0n) is 11.2. The lowest BCUT2D eigenvalue weighted by Crippen LogP contribution is -2.21. The lowest BCUT2D eigenvalue weighted by Gasteiger charge is -2.10. The van der Waals surface area contributed by atoms with Crippen LogP contribution in [0.2, 0.25) is 10.0 Å². The van der Waals surface area contributed by atoms with E-state index in [1.165, 1.54) is 42.5 Å². The quantitative estimate of drug-likeness (QED) is 0.844. The van der Waals surface area contributed by atoms with Gasteiger partial charge in [-0.3, -0.25) is 4.72 Å². The van der Waals surface area contributed by atoms with Gasteiger partial charge in [-0.1, -0.05) is 23.2 Å². The van der Waals surface area contributed by atoms with E-state index in [0.29, 0.717) is 10.8 Å². The monoisotopic (exact) mass is 363 g/mol. The summed E-state index contributed by atoms with van der Waals surface area (Å²) in [5.74, 6) is -0.274. The fourth-order valence-electron chi connectivity index (χ4n) is 1.59. The Bertz CT molecular complexity index is 751. The van der Waals surface area contributed by atoms with Gasteiger partial charge in [-0.25, -0.2) is 12.8 Å². The average molecular weight is 364 g/mol. The van der Waals surface area contributed by atoms with E-state index in [-0.39, 0.29) is 28.9 Å². The van der Waals surface area contributed by atoms with Gasteiger partial charge in [0.1, 0.15) is 23.9 Å². The zero-order chi connectivity index (χ0) is 16.2. The molecule has 0 aliphatic rings. The molecule has 4 nitrogen and oxygen atoms in total. The van der Waals surface area contributed by atoms with Gasteiger partial charge in [0, 0.05) is 5.02 Å². The minimum atomic E-state index is -3.62. The Balaban J connectivity index is 1.92. The normalized spacial score (nSPS) is 11.2. The molecule has 22 heavy (non-hydrogen) atoms. The highest BCUT2D eigenvalue weighted by Crippen LogP contribution is 2.26. The molecule has 0 aliphatic carbocycles. The van der Waals surface area contributed by atoms with Crippen molar-refractivity contribution in [1.29, 1.82) is 0 Å². The number of sulfonamides is 1. The van der Waals surface area contributed by atoms with Crippen LogP contribution in [-0.2, 0) is 10.0 Å². The Morgan fingerprint density at radius 2 is 1.77 bits per heavy atom. The molecule has 2 aromatic carbocycles. The van der Waals surface area contributed by atoms with Crippen LogP contribution in [-0.4, -0.2) is 20.8 Å². The second kappa shape index (κ2) is 7.17. The van der Waals surface area contributed by atoms with Crippen molar-refractivity contribution in [2.75, 3.05) is 17.1 Å². The first-order chi connectivity index (χ1) is 10.4. The third kappa shape index (κ3) is 5.05. The lowest BCUT2D eigenvalue weighted by atomic mass is 10.3. The van der Waals surface area contributed by atoms with Crippen molar-refractivity contribution in [2.24, 2.45) is 0 Å². The topological polar surface area (TPSA) is 55.4 Å². The van der Waals surface area contributed by atoms with Crippen molar-refractivity contribution in [3.63, 3.8) is 0 Å². The van der Waals surface area contributed by atoms with Gasteiger partial charge in [0.15, 0.2) is 0 Å². The molecule has 8 heteroatoms. The van der Waals surface area contributed by atoms with E-state index < -0.39 is 10.0 Å². The van der Waals surface area contributed by atoms with Crippen LogP contribution in [0.5, 0.6) is 5.75 Å². The molecule has 0 bridgehead atoms. The van der Waals surface area contributed by atoms with Gasteiger partial charge in [-0.15, -0.1) is 0 Å². The van der Waals surface area contributed by atoms with Crippen LogP contribution in [0, 0.1) is 5.82 Å². The maximum Gasteiger partial charge on any atom is 0.236 e. The fourth-order valence-corrected chi connectivity index (χ4v) is 3.02. The van der Waals surface area contributed by atoms with E-state index in [0.717, 1.165) is 0 Å². The maximum absolute atomic E-state index is 12.7. The Kier molecular flexibility index (Phi) is 5.50. The van der Waals surface area contributed by atoms with Crippen molar-refractivity contribution >= 4 is 38.9 Å². The van der Waals surface area contributed by atoms with Gasteiger partial charge in [-0.05, 0) is 42.5 Å². The molecule has 0 heterocycles. The van der Waals surface area contributed by atoms with E-state index in [1.54, 1.807) is 0 Å². The van der Waals surface area contributed by atoms with Gasteiger partial charge in [0.05, 0.1) is 10.7 Å². The molecule has 0 saturated carbocycles. The van der Waals surface area contributed by atoms with Gasteiger partial charge in [-0.2, -0.15) is 0 Å². The van der Waals surface area contributed by atoms with Crippen LogP contribution in [0.1, 0.15) is 0 Å². The number of hydrogen-bond donors (Lipinski definition) is 1. The second-order valence-electron chi connectivity index (χ2n) is 4.35. The molecule has 0 amide bonds. The van der Waals surface area contributed by atoms with Crippen LogP contribution in [0.15, 0.2) is 42.5 Å². The Hall–Kier alpha value is -1.50. The van der Waals surface area contributed by atoms with Gasteiger partial charge < -0.3 is 4.74 Å². The largest absolute Gasteiger partial charge is 0.492 e. The summed E-state index contributed by atoms with van der Waals surface area (Å²) in [6, 6.07) is 9.75. The van der Waals surface area contributed by atoms with Gasteiger partial charge in [0.25, 0.3) is 0 Å². The van der Waals surface area contributed by atoms with Crippen molar-refractivity contribution < 1.29 is 17.5 Å². The molecule has 2 aromatic rings. The Morgan fingerprint density at radius 3 is 2.41 bits per heavy atom. The number of benzene rings is 2. The molecule has 0 aliphatic heterocycles. The number of hydrogen-bond acceptors (Lipinski definition) is 3. The molecular weight excluding hydrogens is 352 g/mol.